The summed E-state index contributed by atoms with van der Waals surface area (Å²) in [7, 11) is 0. The molecule has 0 aliphatic rings. The maximum Gasteiger partial charge on any atom is 1.00 e. The Kier molecular flexibility index (Phi) is 15.0. The van der Waals surface area contributed by atoms with Gasteiger partial charge in [0.05, 0.1) is 0 Å². The quantitative estimate of drug-likeness (QED) is 0.504. The van der Waals surface area contributed by atoms with Crippen molar-refractivity contribution in [2.45, 2.75) is 44.9 Å². The summed E-state index contributed by atoms with van der Waals surface area (Å²) in [6.07, 6.45) is 4.24. The summed E-state index contributed by atoms with van der Waals surface area (Å²) in [6.45, 7) is 0. The number of carbonyl (C=O) groups is 2. The molecule has 0 fully saturated rings. The Morgan fingerprint density at radius 2 is 1.36 bits per heavy atom. The van der Waals surface area contributed by atoms with Crippen molar-refractivity contribution in [3.63, 3.8) is 0 Å². The zero-order chi connectivity index (χ0) is 10.1. The number of rotatable bonds is 8. The Morgan fingerprint density at radius 3 is 1.79 bits per heavy atom. The van der Waals surface area contributed by atoms with E-state index < -0.39 is 11.9 Å². The predicted octanol–water partition coefficient (Wildman–Crippen LogP) is -2.44. The third kappa shape index (κ3) is 15.5. The van der Waals surface area contributed by atoms with Crippen molar-refractivity contribution >= 4 is 11.9 Å². The van der Waals surface area contributed by atoms with Gasteiger partial charge in [0, 0.05) is 12.4 Å². The van der Waals surface area contributed by atoms with Crippen LogP contribution in [0.15, 0.2) is 0 Å². The van der Waals surface area contributed by atoms with Crippen LogP contribution in [0, 0.1) is 0 Å². The van der Waals surface area contributed by atoms with Crippen molar-refractivity contribution in [2.24, 2.45) is 0 Å². The van der Waals surface area contributed by atoms with Crippen molar-refractivity contribution in [1.82, 2.24) is 0 Å². The van der Waals surface area contributed by atoms with Crippen molar-refractivity contribution in [1.29, 1.82) is 0 Å². The zero-order valence-corrected chi connectivity index (χ0v) is 14.9. The first-order valence-electron chi connectivity index (χ1n) is 4.54. The fourth-order valence-corrected chi connectivity index (χ4v) is 1.08. The maximum atomic E-state index is 10.1. The molecule has 0 aromatic rings. The van der Waals surface area contributed by atoms with Gasteiger partial charge in [-0.3, -0.25) is 4.79 Å². The van der Waals surface area contributed by atoms with Crippen molar-refractivity contribution in [2.75, 3.05) is 0 Å². The predicted molar refractivity (Wildman–Crippen MR) is 45.0 cm³/mol. The Bertz CT molecular complexity index is 152. The summed E-state index contributed by atoms with van der Waals surface area (Å²) < 4.78 is 0. The molecule has 0 aromatic carbocycles. The average molecular weight is 320 g/mol. The summed E-state index contributed by atoms with van der Waals surface area (Å²) in [6, 6.07) is 0. The minimum Gasteiger partial charge on any atom is -0.550 e. The third-order valence-corrected chi connectivity index (χ3v) is 1.77. The van der Waals surface area contributed by atoms with Crippen LogP contribution < -0.4 is 74.0 Å². The van der Waals surface area contributed by atoms with Gasteiger partial charge in [-0.15, -0.1) is 0 Å². The molecule has 5 heteroatoms. The fraction of sp³-hybridized carbons (Fsp3) is 0.778. The molecule has 0 spiro atoms. The standard InChI is InChI=1S/C9H16O4.Cs/c10-8(11)6-4-2-1-3-5-7-9(12)13;/h1-7H2,(H,10,11)(H,12,13);/q;+1/p-1. The van der Waals surface area contributed by atoms with Gasteiger partial charge in [0.1, 0.15) is 0 Å². The maximum absolute atomic E-state index is 10.1. The molecule has 0 bridgehead atoms. The summed E-state index contributed by atoms with van der Waals surface area (Å²) in [5.41, 5.74) is 0. The van der Waals surface area contributed by atoms with Gasteiger partial charge in [-0.2, -0.15) is 0 Å². The second-order valence-electron chi connectivity index (χ2n) is 3.03. The van der Waals surface area contributed by atoms with Crippen LogP contribution in [-0.2, 0) is 9.59 Å². The largest absolute Gasteiger partial charge is 1.00 e. The van der Waals surface area contributed by atoms with Crippen LogP contribution >= 0.6 is 0 Å². The molecule has 1 N–H and O–H groups in total. The van der Waals surface area contributed by atoms with Gasteiger partial charge in [-0.1, -0.05) is 19.3 Å². The van der Waals surface area contributed by atoms with E-state index in [1.165, 1.54) is 0 Å². The minimum absolute atomic E-state index is 0. The Balaban J connectivity index is 0. The van der Waals surface area contributed by atoms with E-state index in [9.17, 15) is 14.7 Å². The van der Waals surface area contributed by atoms with Crippen LogP contribution in [0.3, 0.4) is 0 Å². The molecular formula is C9H15CsO4. The number of carboxylic acid groups (broad SMARTS) is 2. The smallest absolute Gasteiger partial charge is 0.550 e. The summed E-state index contributed by atoms with van der Waals surface area (Å²) in [5, 5.41) is 18.3. The van der Waals surface area contributed by atoms with Crippen molar-refractivity contribution in [3.8, 4) is 0 Å². The molecule has 0 radical (unpaired) electrons. The zero-order valence-electron chi connectivity index (χ0n) is 8.62. The number of carboxylic acids is 2. The molecule has 14 heavy (non-hydrogen) atoms. The number of carbonyl (C=O) groups excluding carboxylic acids is 1. The van der Waals surface area contributed by atoms with Crippen LogP contribution in [0.2, 0.25) is 0 Å². The van der Waals surface area contributed by atoms with E-state index in [0.29, 0.717) is 12.8 Å². The average Bonchev–Trinajstić information content (AvgIpc) is 2.01. The van der Waals surface area contributed by atoms with Gasteiger partial charge in [0.2, 0.25) is 0 Å². The van der Waals surface area contributed by atoms with Crippen LogP contribution in [0.25, 0.3) is 0 Å². The summed E-state index contributed by atoms with van der Waals surface area (Å²) in [5.74, 6) is -1.78. The molecule has 0 aromatic heterocycles. The SMILES string of the molecule is O=C([O-])CCCCCCCC(=O)O.[Cs+]. The number of unbranched alkanes of at least 4 members (excludes halogenated alkanes) is 4. The Hall–Kier alpha value is 0.992. The van der Waals surface area contributed by atoms with Crippen LogP contribution in [0.1, 0.15) is 44.9 Å². The molecule has 0 heterocycles. The van der Waals surface area contributed by atoms with Gasteiger partial charge >= 0.3 is 74.9 Å². The number of hydrogen-bond acceptors (Lipinski definition) is 3. The summed E-state index contributed by atoms with van der Waals surface area (Å²) in [4.78, 5) is 20.1. The van der Waals surface area contributed by atoms with E-state index in [2.05, 4.69) is 0 Å². The molecule has 76 valence electrons. The van der Waals surface area contributed by atoms with E-state index >= 15 is 0 Å². The van der Waals surface area contributed by atoms with Gasteiger partial charge in [0.25, 0.3) is 0 Å². The first kappa shape index (κ1) is 17.4. The van der Waals surface area contributed by atoms with E-state index in [1.807, 2.05) is 0 Å². The molecule has 0 aliphatic carbocycles. The van der Waals surface area contributed by atoms with Crippen LogP contribution in [0.5, 0.6) is 0 Å². The fourth-order valence-electron chi connectivity index (χ4n) is 1.08. The van der Waals surface area contributed by atoms with Gasteiger partial charge in [-0.25, -0.2) is 0 Å². The Labute approximate surface area is 143 Å². The van der Waals surface area contributed by atoms with Gasteiger partial charge in [-0.05, 0) is 19.3 Å². The van der Waals surface area contributed by atoms with Gasteiger partial charge < -0.3 is 15.0 Å². The Morgan fingerprint density at radius 1 is 0.929 bits per heavy atom. The number of hydrogen-bond donors (Lipinski definition) is 1. The molecule has 0 saturated heterocycles. The van der Waals surface area contributed by atoms with Crippen LogP contribution in [-0.4, -0.2) is 17.0 Å². The van der Waals surface area contributed by atoms with Gasteiger partial charge in [0.15, 0.2) is 0 Å². The normalized spacial score (nSPS) is 9.14. The summed E-state index contributed by atoms with van der Waals surface area (Å²) >= 11 is 0. The second kappa shape index (κ2) is 12.1. The molecule has 0 unspecified atom stereocenters. The monoisotopic (exact) mass is 320 g/mol. The molecule has 0 amide bonds. The van der Waals surface area contributed by atoms with E-state index in [4.69, 9.17) is 5.11 Å². The molecular weight excluding hydrogens is 305 g/mol. The topological polar surface area (TPSA) is 77.4 Å². The van der Waals surface area contributed by atoms with E-state index in [-0.39, 0.29) is 81.7 Å². The minimum atomic E-state index is -1.01. The molecule has 0 saturated carbocycles. The van der Waals surface area contributed by atoms with Crippen molar-refractivity contribution in [3.05, 3.63) is 0 Å². The molecule has 0 atom stereocenters. The van der Waals surface area contributed by atoms with E-state index in [0.717, 1.165) is 19.3 Å². The second-order valence-corrected chi connectivity index (χ2v) is 3.03. The first-order chi connectivity index (χ1) is 6.13. The molecule has 4 nitrogen and oxygen atoms in total. The third-order valence-electron chi connectivity index (χ3n) is 1.77. The molecule has 0 aliphatic heterocycles. The van der Waals surface area contributed by atoms with Crippen molar-refractivity contribution < 1.29 is 88.7 Å². The first-order valence-corrected chi connectivity index (χ1v) is 4.54. The van der Waals surface area contributed by atoms with Crippen LogP contribution in [0.4, 0.5) is 0 Å². The molecule has 0 rings (SSSR count). The number of aliphatic carboxylic acids is 2. The van der Waals surface area contributed by atoms with E-state index in [1.54, 1.807) is 0 Å².